The van der Waals surface area contributed by atoms with Gasteiger partial charge in [0.05, 0.1) is 0 Å². The van der Waals surface area contributed by atoms with Gasteiger partial charge in [-0.3, -0.25) is 0 Å². The molecule has 0 aliphatic rings. The van der Waals surface area contributed by atoms with Crippen LogP contribution in [0.15, 0.2) is 54.6 Å². The van der Waals surface area contributed by atoms with E-state index in [0.29, 0.717) is 6.04 Å². The normalized spacial score (nSPS) is 12.6. The summed E-state index contributed by atoms with van der Waals surface area (Å²) in [4.78, 5) is 0. The zero-order chi connectivity index (χ0) is 13.7. The van der Waals surface area contributed by atoms with Gasteiger partial charge in [-0.15, -0.1) is 0 Å². The highest BCUT2D eigenvalue weighted by Gasteiger charge is 2.06. The molecular weight excluding hydrogens is 232 g/mol. The molecule has 0 amide bonds. The molecule has 0 radical (unpaired) electrons. The van der Waals surface area contributed by atoms with Crippen LogP contribution in [-0.4, -0.2) is 12.6 Å². The number of hydrogen-bond donors (Lipinski definition) is 2. The summed E-state index contributed by atoms with van der Waals surface area (Å²) in [6.45, 7) is 5.07. The summed E-state index contributed by atoms with van der Waals surface area (Å²) in [5.41, 5.74) is 9.81. The Labute approximate surface area is 115 Å². The van der Waals surface area contributed by atoms with E-state index < -0.39 is 0 Å². The lowest BCUT2D eigenvalue weighted by molar-refractivity contribution is 0.538. The van der Waals surface area contributed by atoms with Gasteiger partial charge in [0.15, 0.2) is 0 Å². The molecule has 1 atom stereocenters. The van der Waals surface area contributed by atoms with Gasteiger partial charge < -0.3 is 11.1 Å². The highest BCUT2D eigenvalue weighted by molar-refractivity contribution is 5.63. The van der Waals surface area contributed by atoms with Gasteiger partial charge in [-0.2, -0.15) is 0 Å². The van der Waals surface area contributed by atoms with E-state index in [-0.39, 0.29) is 6.04 Å². The van der Waals surface area contributed by atoms with E-state index in [1.807, 2.05) is 6.07 Å². The number of nitrogens with one attached hydrogen (secondary N) is 1. The second-order valence-electron chi connectivity index (χ2n) is 5.16. The molecule has 2 nitrogen and oxygen atoms in total. The summed E-state index contributed by atoms with van der Waals surface area (Å²) in [6.07, 6.45) is 0. The number of benzene rings is 2. The van der Waals surface area contributed by atoms with Crippen molar-refractivity contribution in [2.24, 2.45) is 5.73 Å². The molecule has 0 aromatic heterocycles. The van der Waals surface area contributed by atoms with Crippen LogP contribution in [0.3, 0.4) is 0 Å². The molecule has 0 spiro atoms. The van der Waals surface area contributed by atoms with Gasteiger partial charge in [0.2, 0.25) is 0 Å². The highest BCUT2D eigenvalue weighted by atomic mass is 14.9. The van der Waals surface area contributed by atoms with Crippen molar-refractivity contribution >= 4 is 0 Å². The van der Waals surface area contributed by atoms with Gasteiger partial charge in [0.1, 0.15) is 0 Å². The molecule has 0 heterocycles. The fraction of sp³-hybridized carbons (Fsp3) is 0.294. The molecule has 0 bridgehead atoms. The van der Waals surface area contributed by atoms with Gasteiger partial charge in [-0.05, 0) is 16.7 Å². The minimum atomic E-state index is 0.0484. The SMILES string of the molecule is CC(C)NCC(N)c1ccc(-c2ccccc2)cc1. The average molecular weight is 254 g/mol. The first-order valence-corrected chi connectivity index (χ1v) is 6.81. The largest absolute Gasteiger partial charge is 0.323 e. The lowest BCUT2D eigenvalue weighted by atomic mass is 10.0. The third-order valence-corrected chi connectivity index (χ3v) is 3.19. The van der Waals surface area contributed by atoms with Crippen molar-refractivity contribution in [1.29, 1.82) is 0 Å². The molecular formula is C17H22N2. The molecule has 2 rings (SSSR count). The third-order valence-electron chi connectivity index (χ3n) is 3.19. The Balaban J connectivity index is 2.06. The molecule has 0 fully saturated rings. The van der Waals surface area contributed by atoms with Crippen LogP contribution in [0, 0.1) is 0 Å². The molecule has 2 aromatic rings. The predicted octanol–water partition coefficient (Wildman–Crippen LogP) is 3.35. The van der Waals surface area contributed by atoms with E-state index in [2.05, 4.69) is 67.7 Å². The van der Waals surface area contributed by atoms with Crippen molar-refractivity contribution in [3.63, 3.8) is 0 Å². The van der Waals surface area contributed by atoms with Gasteiger partial charge in [0.25, 0.3) is 0 Å². The van der Waals surface area contributed by atoms with Crippen molar-refractivity contribution in [2.45, 2.75) is 25.9 Å². The van der Waals surface area contributed by atoms with Crippen molar-refractivity contribution in [3.8, 4) is 11.1 Å². The summed E-state index contributed by atoms with van der Waals surface area (Å²) in [7, 11) is 0. The molecule has 0 saturated carbocycles. The summed E-state index contributed by atoms with van der Waals surface area (Å²) >= 11 is 0. The van der Waals surface area contributed by atoms with Gasteiger partial charge in [0, 0.05) is 18.6 Å². The summed E-state index contributed by atoms with van der Waals surface area (Å²) < 4.78 is 0. The molecule has 19 heavy (non-hydrogen) atoms. The highest BCUT2D eigenvalue weighted by Crippen LogP contribution is 2.20. The second-order valence-corrected chi connectivity index (χ2v) is 5.16. The minimum Gasteiger partial charge on any atom is -0.323 e. The lowest BCUT2D eigenvalue weighted by Gasteiger charge is -2.15. The molecule has 0 saturated heterocycles. The molecule has 1 unspecified atom stereocenters. The summed E-state index contributed by atoms with van der Waals surface area (Å²) in [6, 6.07) is 19.4. The van der Waals surface area contributed by atoms with Crippen LogP contribution in [0.1, 0.15) is 25.5 Å². The Morgan fingerprint density at radius 1 is 0.895 bits per heavy atom. The predicted molar refractivity (Wildman–Crippen MR) is 81.9 cm³/mol. The fourth-order valence-corrected chi connectivity index (χ4v) is 2.03. The van der Waals surface area contributed by atoms with Crippen LogP contribution in [0.2, 0.25) is 0 Å². The Hall–Kier alpha value is -1.64. The van der Waals surface area contributed by atoms with Crippen LogP contribution in [-0.2, 0) is 0 Å². The first-order chi connectivity index (χ1) is 9.16. The van der Waals surface area contributed by atoms with E-state index in [1.54, 1.807) is 0 Å². The topological polar surface area (TPSA) is 38.0 Å². The maximum absolute atomic E-state index is 6.17. The molecule has 3 N–H and O–H groups in total. The lowest BCUT2D eigenvalue weighted by Crippen LogP contribution is -2.31. The van der Waals surface area contributed by atoms with Crippen LogP contribution in [0.4, 0.5) is 0 Å². The second kappa shape index (κ2) is 6.50. The van der Waals surface area contributed by atoms with Gasteiger partial charge in [-0.1, -0.05) is 68.4 Å². The fourth-order valence-electron chi connectivity index (χ4n) is 2.03. The van der Waals surface area contributed by atoms with Crippen molar-refractivity contribution < 1.29 is 0 Å². The van der Waals surface area contributed by atoms with Crippen LogP contribution in [0.25, 0.3) is 11.1 Å². The Kier molecular flexibility index (Phi) is 4.72. The summed E-state index contributed by atoms with van der Waals surface area (Å²) in [5.74, 6) is 0. The smallest absolute Gasteiger partial charge is 0.0421 e. The Morgan fingerprint density at radius 2 is 1.47 bits per heavy atom. The van der Waals surface area contributed by atoms with E-state index in [4.69, 9.17) is 5.73 Å². The molecule has 2 heteroatoms. The average Bonchev–Trinajstić information content (AvgIpc) is 2.46. The van der Waals surface area contributed by atoms with Crippen molar-refractivity contribution in [1.82, 2.24) is 5.32 Å². The van der Waals surface area contributed by atoms with E-state index in [9.17, 15) is 0 Å². The standard InChI is InChI=1S/C17H22N2/c1-13(2)19-12-17(18)16-10-8-15(9-11-16)14-6-4-3-5-7-14/h3-11,13,17,19H,12,18H2,1-2H3. The van der Waals surface area contributed by atoms with Crippen molar-refractivity contribution in [3.05, 3.63) is 60.2 Å². The molecule has 0 aliphatic carbocycles. The van der Waals surface area contributed by atoms with E-state index >= 15 is 0 Å². The maximum atomic E-state index is 6.17. The van der Waals surface area contributed by atoms with E-state index in [1.165, 1.54) is 16.7 Å². The number of nitrogens with two attached hydrogens (primary N) is 1. The van der Waals surface area contributed by atoms with E-state index in [0.717, 1.165) is 6.54 Å². The quantitative estimate of drug-likeness (QED) is 0.858. The summed E-state index contributed by atoms with van der Waals surface area (Å²) in [5, 5.41) is 3.37. The van der Waals surface area contributed by atoms with Crippen LogP contribution in [0.5, 0.6) is 0 Å². The van der Waals surface area contributed by atoms with Crippen LogP contribution >= 0.6 is 0 Å². The zero-order valence-corrected chi connectivity index (χ0v) is 11.6. The molecule has 2 aromatic carbocycles. The maximum Gasteiger partial charge on any atom is 0.0421 e. The first kappa shape index (κ1) is 13.8. The Bertz CT molecular complexity index is 488. The Morgan fingerprint density at radius 3 is 2.05 bits per heavy atom. The zero-order valence-electron chi connectivity index (χ0n) is 11.6. The number of hydrogen-bond acceptors (Lipinski definition) is 2. The molecule has 100 valence electrons. The minimum absolute atomic E-state index is 0.0484. The van der Waals surface area contributed by atoms with Crippen molar-refractivity contribution in [2.75, 3.05) is 6.54 Å². The third kappa shape index (κ3) is 3.91. The monoisotopic (exact) mass is 254 g/mol. The van der Waals surface area contributed by atoms with Gasteiger partial charge >= 0.3 is 0 Å². The molecule has 0 aliphatic heterocycles. The van der Waals surface area contributed by atoms with Crippen LogP contribution < -0.4 is 11.1 Å². The number of rotatable bonds is 5. The van der Waals surface area contributed by atoms with Gasteiger partial charge in [-0.25, -0.2) is 0 Å². The first-order valence-electron chi connectivity index (χ1n) is 6.81.